The van der Waals surface area contributed by atoms with E-state index in [0.717, 1.165) is 23.5 Å². The maximum Gasteiger partial charge on any atom is 0.223 e. The van der Waals surface area contributed by atoms with Gasteiger partial charge in [-0.15, -0.1) is 0 Å². The summed E-state index contributed by atoms with van der Waals surface area (Å²) in [4.78, 5) is 12.1. The van der Waals surface area contributed by atoms with Crippen molar-refractivity contribution in [1.82, 2.24) is 5.32 Å². The van der Waals surface area contributed by atoms with Crippen LogP contribution in [0.2, 0.25) is 0 Å². The Bertz CT molecular complexity index is 503. The van der Waals surface area contributed by atoms with Crippen molar-refractivity contribution in [3.8, 4) is 11.5 Å². The monoisotopic (exact) mass is 308 g/mol. The Morgan fingerprint density at radius 2 is 2.09 bits per heavy atom. The van der Waals surface area contributed by atoms with Crippen LogP contribution in [-0.2, 0) is 9.53 Å². The van der Waals surface area contributed by atoms with Gasteiger partial charge in [-0.3, -0.25) is 4.79 Å². The molecule has 1 aliphatic heterocycles. The minimum absolute atomic E-state index is 0.0703. The standard InChI is InChI=1S/C16H24N2O4/c1-3-13(18-16(19)9-12(10-17)20-2)11-4-5-14-15(8-11)22-7-6-21-14/h4-5,8,12-13H,3,6-7,9-10,17H2,1-2H3,(H,18,19). The second kappa shape index (κ2) is 8.00. The number of carbonyl (C=O) groups excluding carboxylic acids is 1. The number of nitrogens with two attached hydrogens (primary N) is 1. The van der Waals surface area contributed by atoms with Crippen molar-refractivity contribution < 1.29 is 19.0 Å². The molecule has 2 unspecified atom stereocenters. The van der Waals surface area contributed by atoms with E-state index in [2.05, 4.69) is 5.32 Å². The van der Waals surface area contributed by atoms with Crippen molar-refractivity contribution >= 4 is 5.91 Å². The molecular weight excluding hydrogens is 284 g/mol. The largest absolute Gasteiger partial charge is 0.486 e. The van der Waals surface area contributed by atoms with Crippen LogP contribution in [0.5, 0.6) is 11.5 Å². The molecule has 1 aromatic rings. The molecule has 3 N–H and O–H groups in total. The van der Waals surface area contributed by atoms with Crippen LogP contribution in [0.4, 0.5) is 0 Å². The average Bonchev–Trinajstić information content (AvgIpc) is 2.57. The molecule has 1 aromatic carbocycles. The van der Waals surface area contributed by atoms with Gasteiger partial charge in [-0.25, -0.2) is 0 Å². The van der Waals surface area contributed by atoms with E-state index in [9.17, 15) is 4.79 Å². The van der Waals surface area contributed by atoms with Crippen LogP contribution in [0.1, 0.15) is 31.4 Å². The van der Waals surface area contributed by atoms with Crippen LogP contribution in [0.3, 0.4) is 0 Å². The molecule has 6 heteroatoms. The summed E-state index contributed by atoms with van der Waals surface area (Å²) in [6.45, 7) is 3.46. The zero-order valence-electron chi connectivity index (χ0n) is 13.1. The average molecular weight is 308 g/mol. The smallest absolute Gasteiger partial charge is 0.223 e. The molecule has 1 heterocycles. The lowest BCUT2D eigenvalue weighted by molar-refractivity contribution is -0.124. The third kappa shape index (κ3) is 4.11. The highest BCUT2D eigenvalue weighted by Crippen LogP contribution is 2.33. The SMILES string of the molecule is CCC(NC(=O)CC(CN)OC)c1ccc2c(c1)OCCO2. The van der Waals surface area contributed by atoms with Crippen LogP contribution < -0.4 is 20.5 Å². The third-order valence-corrected chi connectivity index (χ3v) is 3.72. The molecule has 0 saturated carbocycles. The summed E-state index contributed by atoms with van der Waals surface area (Å²) < 4.78 is 16.2. The number of rotatable bonds is 7. The van der Waals surface area contributed by atoms with E-state index in [1.807, 2.05) is 25.1 Å². The molecule has 0 aromatic heterocycles. The minimum atomic E-state index is -0.252. The van der Waals surface area contributed by atoms with Crippen molar-refractivity contribution in [2.24, 2.45) is 5.73 Å². The number of hydrogen-bond donors (Lipinski definition) is 2. The Hall–Kier alpha value is -1.79. The fourth-order valence-electron chi connectivity index (χ4n) is 2.42. The van der Waals surface area contributed by atoms with E-state index < -0.39 is 0 Å². The maximum atomic E-state index is 12.1. The number of methoxy groups -OCH3 is 1. The molecule has 1 amide bonds. The van der Waals surface area contributed by atoms with Gasteiger partial charge in [-0.2, -0.15) is 0 Å². The van der Waals surface area contributed by atoms with Gasteiger partial charge in [-0.1, -0.05) is 13.0 Å². The number of amides is 1. The Morgan fingerprint density at radius 1 is 1.36 bits per heavy atom. The van der Waals surface area contributed by atoms with Crippen LogP contribution in [0.15, 0.2) is 18.2 Å². The lowest BCUT2D eigenvalue weighted by Gasteiger charge is -2.23. The Balaban J connectivity index is 2.03. The van der Waals surface area contributed by atoms with E-state index in [4.69, 9.17) is 19.9 Å². The zero-order valence-corrected chi connectivity index (χ0v) is 13.1. The summed E-state index contributed by atoms with van der Waals surface area (Å²) in [5, 5.41) is 3.02. The van der Waals surface area contributed by atoms with Crippen LogP contribution in [0.25, 0.3) is 0 Å². The molecule has 0 bridgehead atoms. The quantitative estimate of drug-likeness (QED) is 0.795. The highest BCUT2D eigenvalue weighted by atomic mass is 16.6. The van der Waals surface area contributed by atoms with Gasteiger partial charge in [0.2, 0.25) is 5.91 Å². The van der Waals surface area contributed by atoms with E-state index in [-0.39, 0.29) is 24.5 Å². The van der Waals surface area contributed by atoms with Gasteiger partial charge in [0.25, 0.3) is 0 Å². The number of benzene rings is 1. The van der Waals surface area contributed by atoms with Gasteiger partial charge in [0.1, 0.15) is 13.2 Å². The van der Waals surface area contributed by atoms with Gasteiger partial charge < -0.3 is 25.3 Å². The van der Waals surface area contributed by atoms with E-state index in [1.54, 1.807) is 7.11 Å². The molecule has 0 radical (unpaired) electrons. The minimum Gasteiger partial charge on any atom is -0.486 e. The van der Waals surface area contributed by atoms with Gasteiger partial charge in [-0.05, 0) is 24.1 Å². The first-order valence-corrected chi connectivity index (χ1v) is 7.59. The number of fused-ring (bicyclic) bond motifs is 1. The van der Waals surface area contributed by atoms with Crippen molar-refractivity contribution in [3.63, 3.8) is 0 Å². The van der Waals surface area contributed by atoms with Crippen molar-refractivity contribution in [2.45, 2.75) is 31.9 Å². The molecule has 2 rings (SSSR count). The third-order valence-electron chi connectivity index (χ3n) is 3.72. The first kappa shape index (κ1) is 16.6. The van der Waals surface area contributed by atoms with Crippen LogP contribution in [-0.4, -0.2) is 38.9 Å². The van der Waals surface area contributed by atoms with Crippen LogP contribution in [0, 0.1) is 0 Å². The highest BCUT2D eigenvalue weighted by Gasteiger charge is 2.19. The lowest BCUT2D eigenvalue weighted by atomic mass is 10.0. The number of nitrogens with one attached hydrogen (secondary N) is 1. The molecule has 2 atom stereocenters. The molecule has 1 aliphatic rings. The molecule has 122 valence electrons. The fraction of sp³-hybridized carbons (Fsp3) is 0.562. The van der Waals surface area contributed by atoms with Crippen molar-refractivity contribution in [3.05, 3.63) is 23.8 Å². The second-order valence-corrected chi connectivity index (χ2v) is 5.23. The number of carbonyl (C=O) groups is 1. The zero-order chi connectivity index (χ0) is 15.9. The highest BCUT2D eigenvalue weighted by molar-refractivity contribution is 5.77. The number of hydrogen-bond acceptors (Lipinski definition) is 5. The van der Waals surface area contributed by atoms with Gasteiger partial charge in [0.15, 0.2) is 11.5 Å². The summed E-state index contributed by atoms with van der Waals surface area (Å²) in [5.41, 5.74) is 6.55. The predicted octanol–water partition coefficient (Wildman–Crippen LogP) is 1.39. The van der Waals surface area contributed by atoms with E-state index in [1.165, 1.54) is 0 Å². The van der Waals surface area contributed by atoms with Gasteiger partial charge >= 0.3 is 0 Å². The van der Waals surface area contributed by atoms with E-state index in [0.29, 0.717) is 19.8 Å². The van der Waals surface area contributed by atoms with Gasteiger partial charge in [0.05, 0.1) is 18.6 Å². The topological polar surface area (TPSA) is 82.8 Å². The van der Waals surface area contributed by atoms with Crippen LogP contribution >= 0.6 is 0 Å². The lowest BCUT2D eigenvalue weighted by Crippen LogP contribution is -2.34. The summed E-state index contributed by atoms with van der Waals surface area (Å²) in [5.74, 6) is 1.41. The molecule has 0 fully saturated rings. The molecule has 22 heavy (non-hydrogen) atoms. The predicted molar refractivity (Wildman–Crippen MR) is 83.1 cm³/mol. The summed E-state index contributed by atoms with van der Waals surface area (Å²) in [6, 6.07) is 5.70. The Labute approximate surface area is 130 Å². The summed E-state index contributed by atoms with van der Waals surface area (Å²) in [7, 11) is 1.56. The second-order valence-electron chi connectivity index (χ2n) is 5.23. The molecular formula is C16H24N2O4. The maximum absolute atomic E-state index is 12.1. The molecule has 0 aliphatic carbocycles. The van der Waals surface area contributed by atoms with E-state index >= 15 is 0 Å². The van der Waals surface area contributed by atoms with Crippen molar-refractivity contribution in [2.75, 3.05) is 26.9 Å². The van der Waals surface area contributed by atoms with Gasteiger partial charge in [0, 0.05) is 13.7 Å². The summed E-state index contributed by atoms with van der Waals surface area (Å²) >= 11 is 0. The first-order valence-electron chi connectivity index (χ1n) is 7.59. The molecule has 0 saturated heterocycles. The summed E-state index contributed by atoms with van der Waals surface area (Å²) in [6.07, 6.45) is 0.789. The number of ether oxygens (including phenoxy) is 3. The normalized spacial score (nSPS) is 16.0. The Kier molecular flexibility index (Phi) is 6.03. The van der Waals surface area contributed by atoms with Crippen molar-refractivity contribution in [1.29, 1.82) is 0 Å². The first-order chi connectivity index (χ1) is 10.7. The fourth-order valence-corrected chi connectivity index (χ4v) is 2.42. The molecule has 6 nitrogen and oxygen atoms in total. The Morgan fingerprint density at radius 3 is 2.73 bits per heavy atom. The molecule has 0 spiro atoms.